The molecule has 16 heavy (non-hydrogen) atoms. The molecule has 2 heterocycles. The number of nitrogens with one attached hydrogen (secondary N) is 2. The first kappa shape index (κ1) is 12.1. The van der Waals surface area contributed by atoms with Gasteiger partial charge in [-0.3, -0.25) is 0 Å². The van der Waals surface area contributed by atoms with Crippen LogP contribution in [0.15, 0.2) is 17.5 Å². The SMILES string of the molecule is CC(C)(CNC1CCNCC1)c1cccs1. The minimum absolute atomic E-state index is 0.263. The highest BCUT2D eigenvalue weighted by molar-refractivity contribution is 7.10. The van der Waals surface area contributed by atoms with E-state index in [1.54, 1.807) is 0 Å². The van der Waals surface area contributed by atoms with Crippen LogP contribution in [0, 0.1) is 0 Å². The van der Waals surface area contributed by atoms with Crippen LogP contribution in [0.5, 0.6) is 0 Å². The number of hydrogen-bond donors (Lipinski definition) is 2. The molecule has 0 atom stereocenters. The van der Waals surface area contributed by atoms with Gasteiger partial charge >= 0.3 is 0 Å². The minimum atomic E-state index is 0.263. The second-order valence-corrected chi connectivity index (χ2v) is 6.21. The van der Waals surface area contributed by atoms with Crippen LogP contribution < -0.4 is 10.6 Å². The van der Waals surface area contributed by atoms with Crippen molar-refractivity contribution in [1.82, 2.24) is 10.6 Å². The fourth-order valence-electron chi connectivity index (χ4n) is 2.18. The van der Waals surface area contributed by atoms with Gasteiger partial charge in [-0.2, -0.15) is 0 Å². The zero-order valence-corrected chi connectivity index (χ0v) is 11.1. The van der Waals surface area contributed by atoms with Gasteiger partial charge in [-0.1, -0.05) is 19.9 Å². The molecule has 0 radical (unpaired) electrons. The molecule has 1 aromatic heterocycles. The maximum Gasteiger partial charge on any atom is 0.0115 e. The quantitative estimate of drug-likeness (QED) is 0.841. The highest BCUT2D eigenvalue weighted by Gasteiger charge is 2.23. The Balaban J connectivity index is 1.84. The number of piperidine rings is 1. The highest BCUT2D eigenvalue weighted by Crippen LogP contribution is 2.26. The molecule has 0 aliphatic carbocycles. The van der Waals surface area contributed by atoms with Crippen molar-refractivity contribution >= 4 is 11.3 Å². The summed E-state index contributed by atoms with van der Waals surface area (Å²) in [5.74, 6) is 0. The van der Waals surface area contributed by atoms with Gasteiger partial charge in [0, 0.05) is 22.9 Å². The molecule has 0 aromatic carbocycles. The molecule has 0 amide bonds. The van der Waals surface area contributed by atoms with Gasteiger partial charge in [0.05, 0.1) is 0 Å². The lowest BCUT2D eigenvalue weighted by Crippen LogP contribution is -2.44. The van der Waals surface area contributed by atoms with Crippen molar-refractivity contribution in [3.63, 3.8) is 0 Å². The summed E-state index contributed by atoms with van der Waals surface area (Å²) in [6, 6.07) is 5.10. The van der Waals surface area contributed by atoms with Crippen LogP contribution in [0.2, 0.25) is 0 Å². The average molecular weight is 238 g/mol. The van der Waals surface area contributed by atoms with E-state index in [1.165, 1.54) is 17.7 Å². The van der Waals surface area contributed by atoms with E-state index in [-0.39, 0.29) is 5.41 Å². The van der Waals surface area contributed by atoms with Crippen molar-refractivity contribution in [2.24, 2.45) is 0 Å². The van der Waals surface area contributed by atoms with Crippen LogP contribution in [-0.4, -0.2) is 25.7 Å². The van der Waals surface area contributed by atoms with Crippen LogP contribution in [0.1, 0.15) is 31.6 Å². The van der Waals surface area contributed by atoms with E-state index in [1.807, 2.05) is 11.3 Å². The molecular weight excluding hydrogens is 216 g/mol. The zero-order valence-electron chi connectivity index (χ0n) is 10.3. The van der Waals surface area contributed by atoms with Gasteiger partial charge in [0.2, 0.25) is 0 Å². The molecule has 0 bridgehead atoms. The molecule has 0 saturated carbocycles. The van der Waals surface area contributed by atoms with E-state index in [0.717, 1.165) is 19.6 Å². The molecular formula is C13H22N2S. The molecule has 1 aliphatic heterocycles. The van der Waals surface area contributed by atoms with Gasteiger partial charge in [0.1, 0.15) is 0 Å². The lowest BCUT2D eigenvalue weighted by molar-refractivity contribution is 0.353. The van der Waals surface area contributed by atoms with Crippen LogP contribution >= 0.6 is 11.3 Å². The first-order valence-electron chi connectivity index (χ1n) is 6.16. The molecule has 1 aromatic rings. The number of hydrogen-bond acceptors (Lipinski definition) is 3. The number of thiophene rings is 1. The van der Waals surface area contributed by atoms with Gasteiger partial charge in [-0.05, 0) is 37.4 Å². The second-order valence-electron chi connectivity index (χ2n) is 5.27. The minimum Gasteiger partial charge on any atom is -0.317 e. The number of rotatable bonds is 4. The van der Waals surface area contributed by atoms with E-state index in [9.17, 15) is 0 Å². The fourth-order valence-corrected chi connectivity index (χ4v) is 3.03. The Labute approximate surface area is 102 Å². The van der Waals surface area contributed by atoms with Crippen LogP contribution in [0.3, 0.4) is 0 Å². The Morgan fingerprint density at radius 2 is 2.19 bits per heavy atom. The van der Waals surface area contributed by atoms with Crippen molar-refractivity contribution in [2.45, 2.75) is 38.1 Å². The molecule has 3 heteroatoms. The van der Waals surface area contributed by atoms with Gasteiger partial charge < -0.3 is 10.6 Å². The summed E-state index contributed by atoms with van der Waals surface area (Å²) in [5.41, 5.74) is 0.263. The monoisotopic (exact) mass is 238 g/mol. The summed E-state index contributed by atoms with van der Waals surface area (Å²) >= 11 is 1.86. The first-order valence-corrected chi connectivity index (χ1v) is 7.04. The largest absolute Gasteiger partial charge is 0.317 e. The maximum absolute atomic E-state index is 3.72. The molecule has 0 spiro atoms. The predicted octanol–water partition coefficient (Wildman–Crippen LogP) is 2.37. The lowest BCUT2D eigenvalue weighted by atomic mass is 9.90. The van der Waals surface area contributed by atoms with E-state index in [0.29, 0.717) is 6.04 Å². The summed E-state index contributed by atoms with van der Waals surface area (Å²) in [4.78, 5) is 1.48. The zero-order chi connectivity index (χ0) is 11.4. The van der Waals surface area contributed by atoms with Crippen LogP contribution in [0.4, 0.5) is 0 Å². The van der Waals surface area contributed by atoms with E-state index >= 15 is 0 Å². The van der Waals surface area contributed by atoms with Crippen LogP contribution in [0.25, 0.3) is 0 Å². The lowest BCUT2D eigenvalue weighted by Gasteiger charge is -2.29. The Hall–Kier alpha value is -0.380. The molecule has 90 valence electrons. The molecule has 2 nitrogen and oxygen atoms in total. The average Bonchev–Trinajstić information content (AvgIpc) is 2.82. The smallest absolute Gasteiger partial charge is 0.0115 e. The molecule has 2 rings (SSSR count). The fraction of sp³-hybridized carbons (Fsp3) is 0.692. The van der Waals surface area contributed by atoms with Crippen molar-refractivity contribution in [3.8, 4) is 0 Å². The third kappa shape index (κ3) is 3.06. The second kappa shape index (κ2) is 5.30. The van der Waals surface area contributed by atoms with Gasteiger partial charge in [0.25, 0.3) is 0 Å². The van der Waals surface area contributed by atoms with Crippen molar-refractivity contribution in [2.75, 3.05) is 19.6 Å². The third-order valence-corrected chi connectivity index (χ3v) is 4.60. The Morgan fingerprint density at radius 1 is 1.44 bits per heavy atom. The van der Waals surface area contributed by atoms with Crippen LogP contribution in [-0.2, 0) is 5.41 Å². The maximum atomic E-state index is 3.72. The molecule has 2 N–H and O–H groups in total. The molecule has 1 fully saturated rings. The molecule has 1 saturated heterocycles. The van der Waals surface area contributed by atoms with Gasteiger partial charge in [0.15, 0.2) is 0 Å². The van der Waals surface area contributed by atoms with Gasteiger partial charge in [-0.15, -0.1) is 11.3 Å². The normalized spacial score (nSPS) is 18.9. The summed E-state index contributed by atoms with van der Waals surface area (Å²) < 4.78 is 0. The summed E-state index contributed by atoms with van der Waals surface area (Å²) in [6.07, 6.45) is 2.53. The van der Waals surface area contributed by atoms with Crippen molar-refractivity contribution in [3.05, 3.63) is 22.4 Å². The Kier molecular flexibility index (Phi) is 4.00. The first-order chi connectivity index (χ1) is 7.68. The van der Waals surface area contributed by atoms with Crippen molar-refractivity contribution in [1.29, 1.82) is 0 Å². The predicted molar refractivity (Wildman–Crippen MR) is 71.2 cm³/mol. The topological polar surface area (TPSA) is 24.1 Å². The Bertz CT molecular complexity index is 300. The summed E-state index contributed by atoms with van der Waals surface area (Å²) in [7, 11) is 0. The highest BCUT2D eigenvalue weighted by atomic mass is 32.1. The van der Waals surface area contributed by atoms with E-state index < -0.39 is 0 Å². The van der Waals surface area contributed by atoms with E-state index in [2.05, 4.69) is 42.0 Å². The molecule has 1 aliphatic rings. The van der Waals surface area contributed by atoms with Crippen molar-refractivity contribution < 1.29 is 0 Å². The standard InChI is InChI=1S/C13H22N2S/c1-13(2,12-4-3-9-16-12)10-15-11-5-7-14-8-6-11/h3-4,9,11,14-15H,5-8,10H2,1-2H3. The summed E-state index contributed by atoms with van der Waals surface area (Å²) in [6.45, 7) is 8.06. The summed E-state index contributed by atoms with van der Waals surface area (Å²) in [5, 5.41) is 9.29. The third-order valence-electron chi connectivity index (χ3n) is 3.36. The van der Waals surface area contributed by atoms with Gasteiger partial charge in [-0.25, -0.2) is 0 Å². The van der Waals surface area contributed by atoms with E-state index in [4.69, 9.17) is 0 Å². The Morgan fingerprint density at radius 3 is 2.81 bits per heavy atom. The molecule has 0 unspecified atom stereocenters.